The molecule has 4 unspecified atom stereocenters. The van der Waals surface area contributed by atoms with Gasteiger partial charge in [0.1, 0.15) is 0 Å². The molecule has 0 bridgehead atoms. The monoisotopic (exact) mass is 254 g/mol. The van der Waals surface area contributed by atoms with Crippen molar-refractivity contribution in [3.05, 3.63) is 0 Å². The lowest BCUT2D eigenvalue weighted by molar-refractivity contribution is 0.225. The molecular formula is C16H30O2. The zero-order chi connectivity index (χ0) is 14.0. The van der Waals surface area contributed by atoms with Crippen LogP contribution in [0.5, 0.6) is 0 Å². The van der Waals surface area contributed by atoms with Gasteiger partial charge in [-0.1, -0.05) is 39.5 Å². The fourth-order valence-electron chi connectivity index (χ4n) is 1.68. The first-order chi connectivity index (χ1) is 8.49. The highest BCUT2D eigenvalue weighted by Gasteiger charge is 2.05. The van der Waals surface area contributed by atoms with Crippen molar-refractivity contribution in [3.63, 3.8) is 0 Å². The molecule has 0 aromatic carbocycles. The molecule has 2 heteroatoms. The third-order valence-electron chi connectivity index (χ3n) is 3.38. The zero-order valence-electron chi connectivity index (χ0n) is 12.4. The average Bonchev–Trinajstić information content (AvgIpc) is 2.39. The number of aliphatic hydroxyl groups excluding tert-OH is 2. The van der Waals surface area contributed by atoms with Gasteiger partial charge in [0.15, 0.2) is 0 Å². The van der Waals surface area contributed by atoms with Crippen molar-refractivity contribution in [2.45, 2.75) is 53.4 Å². The van der Waals surface area contributed by atoms with Gasteiger partial charge in [-0.2, -0.15) is 0 Å². The molecule has 4 atom stereocenters. The summed E-state index contributed by atoms with van der Waals surface area (Å²) in [5, 5.41) is 17.9. The van der Waals surface area contributed by atoms with Gasteiger partial charge in [0.2, 0.25) is 0 Å². The van der Waals surface area contributed by atoms with E-state index < -0.39 is 0 Å². The fraction of sp³-hybridized carbons (Fsp3) is 0.875. The Hall–Kier alpha value is -0.520. The van der Waals surface area contributed by atoms with Gasteiger partial charge in [-0.15, -0.1) is 0 Å². The van der Waals surface area contributed by atoms with Crippen molar-refractivity contribution in [1.82, 2.24) is 0 Å². The Kier molecular flexibility index (Phi) is 10.1. The van der Waals surface area contributed by atoms with Crippen molar-refractivity contribution >= 4 is 0 Å². The van der Waals surface area contributed by atoms with E-state index in [9.17, 15) is 0 Å². The normalized spacial score (nSPS) is 17.4. The molecule has 0 saturated carbocycles. The predicted octanol–water partition coefficient (Wildman–Crippen LogP) is 3.08. The van der Waals surface area contributed by atoms with Gasteiger partial charge in [0.05, 0.1) is 0 Å². The lowest BCUT2D eigenvalue weighted by Crippen LogP contribution is -2.04. The van der Waals surface area contributed by atoms with Gasteiger partial charge in [-0.05, 0) is 37.5 Å². The maximum Gasteiger partial charge on any atom is 0.0456 e. The largest absolute Gasteiger partial charge is 0.396 e. The topological polar surface area (TPSA) is 40.5 Å². The van der Waals surface area contributed by atoms with Crippen molar-refractivity contribution in [3.8, 4) is 11.8 Å². The second-order valence-electron chi connectivity index (χ2n) is 5.82. The lowest BCUT2D eigenvalue weighted by Gasteiger charge is -2.10. The highest BCUT2D eigenvalue weighted by Crippen LogP contribution is 2.13. The summed E-state index contributed by atoms with van der Waals surface area (Å²) < 4.78 is 0. The van der Waals surface area contributed by atoms with Crippen LogP contribution in [0.3, 0.4) is 0 Å². The first-order valence-electron chi connectivity index (χ1n) is 7.22. The van der Waals surface area contributed by atoms with Gasteiger partial charge in [-0.3, -0.25) is 0 Å². The average molecular weight is 254 g/mol. The van der Waals surface area contributed by atoms with E-state index in [1.807, 2.05) is 0 Å². The number of hydrogen-bond donors (Lipinski definition) is 2. The molecule has 18 heavy (non-hydrogen) atoms. The summed E-state index contributed by atoms with van der Waals surface area (Å²) in [6.45, 7) is 8.99. The first-order valence-corrected chi connectivity index (χ1v) is 7.22. The summed E-state index contributed by atoms with van der Waals surface area (Å²) in [7, 11) is 0. The molecule has 0 aromatic heterocycles. The minimum absolute atomic E-state index is 0.273. The highest BCUT2D eigenvalue weighted by atomic mass is 16.3. The van der Waals surface area contributed by atoms with Gasteiger partial charge in [-0.25, -0.2) is 0 Å². The summed E-state index contributed by atoms with van der Waals surface area (Å²) >= 11 is 0. The Bertz CT molecular complexity index is 228. The predicted molar refractivity (Wildman–Crippen MR) is 77.1 cm³/mol. The molecule has 0 radical (unpaired) electrons. The minimum atomic E-state index is 0.273. The number of aliphatic hydroxyl groups is 2. The van der Waals surface area contributed by atoms with Crippen LogP contribution in [0.1, 0.15) is 53.4 Å². The summed E-state index contributed by atoms with van der Waals surface area (Å²) in [4.78, 5) is 0. The van der Waals surface area contributed by atoms with Crippen molar-refractivity contribution < 1.29 is 10.2 Å². The molecule has 106 valence electrons. The van der Waals surface area contributed by atoms with E-state index in [-0.39, 0.29) is 13.2 Å². The third-order valence-corrected chi connectivity index (χ3v) is 3.38. The van der Waals surface area contributed by atoms with Crippen LogP contribution in [-0.2, 0) is 0 Å². The molecule has 2 nitrogen and oxygen atoms in total. The van der Waals surface area contributed by atoms with Crippen molar-refractivity contribution in [2.24, 2.45) is 23.7 Å². The maximum absolute atomic E-state index is 8.95. The summed E-state index contributed by atoms with van der Waals surface area (Å²) in [6, 6.07) is 0. The van der Waals surface area contributed by atoms with Crippen LogP contribution >= 0.6 is 0 Å². The summed E-state index contributed by atoms with van der Waals surface area (Å²) in [5.41, 5.74) is 0. The second kappa shape index (κ2) is 10.4. The highest BCUT2D eigenvalue weighted by molar-refractivity contribution is 5.05. The van der Waals surface area contributed by atoms with Crippen LogP contribution in [0.4, 0.5) is 0 Å². The van der Waals surface area contributed by atoms with Crippen LogP contribution in [0.15, 0.2) is 0 Å². The summed E-state index contributed by atoms with van der Waals surface area (Å²) in [6.07, 6.45) is 4.22. The lowest BCUT2D eigenvalue weighted by atomic mass is 9.96. The smallest absolute Gasteiger partial charge is 0.0456 e. The molecule has 0 aromatic rings. The van der Waals surface area contributed by atoms with E-state index in [0.29, 0.717) is 23.7 Å². The second-order valence-corrected chi connectivity index (χ2v) is 5.82. The van der Waals surface area contributed by atoms with Crippen LogP contribution in [-0.4, -0.2) is 23.4 Å². The SMILES string of the molecule is CC(C#CC(C)CCC(C)CO)CCC(C)CO. The van der Waals surface area contributed by atoms with E-state index in [1.54, 1.807) is 0 Å². The Labute approximate surface area is 113 Å². The fourth-order valence-corrected chi connectivity index (χ4v) is 1.68. The summed E-state index contributed by atoms with van der Waals surface area (Å²) in [5.74, 6) is 8.22. The van der Waals surface area contributed by atoms with Gasteiger partial charge in [0, 0.05) is 25.0 Å². The Morgan fingerprint density at radius 1 is 0.667 bits per heavy atom. The number of rotatable bonds is 8. The molecule has 0 aliphatic carbocycles. The Morgan fingerprint density at radius 3 is 1.28 bits per heavy atom. The van der Waals surface area contributed by atoms with Crippen LogP contribution in [0.25, 0.3) is 0 Å². The molecule has 0 spiro atoms. The van der Waals surface area contributed by atoms with Crippen molar-refractivity contribution in [2.75, 3.05) is 13.2 Å². The van der Waals surface area contributed by atoms with Gasteiger partial charge >= 0.3 is 0 Å². The molecular weight excluding hydrogens is 224 g/mol. The molecule has 0 aliphatic heterocycles. The molecule has 0 saturated heterocycles. The van der Waals surface area contributed by atoms with E-state index in [2.05, 4.69) is 39.5 Å². The van der Waals surface area contributed by atoms with E-state index in [0.717, 1.165) is 25.7 Å². The molecule has 0 aliphatic rings. The zero-order valence-corrected chi connectivity index (χ0v) is 12.4. The number of hydrogen-bond acceptors (Lipinski definition) is 2. The third kappa shape index (κ3) is 9.50. The van der Waals surface area contributed by atoms with Gasteiger partial charge < -0.3 is 10.2 Å². The standard InChI is InChI=1S/C16H30O2/c1-13(7-9-15(3)11-17)5-6-14(2)8-10-16(4)12-18/h13-18H,7-12H2,1-4H3. The van der Waals surface area contributed by atoms with E-state index >= 15 is 0 Å². The minimum Gasteiger partial charge on any atom is -0.396 e. The van der Waals surface area contributed by atoms with E-state index in [1.165, 1.54) is 0 Å². The molecule has 0 heterocycles. The maximum atomic E-state index is 8.95. The first kappa shape index (κ1) is 17.5. The molecule has 0 fully saturated rings. The molecule has 2 N–H and O–H groups in total. The van der Waals surface area contributed by atoms with E-state index in [4.69, 9.17) is 10.2 Å². The van der Waals surface area contributed by atoms with Crippen LogP contribution < -0.4 is 0 Å². The van der Waals surface area contributed by atoms with Crippen molar-refractivity contribution in [1.29, 1.82) is 0 Å². The molecule has 0 rings (SSSR count). The van der Waals surface area contributed by atoms with Gasteiger partial charge in [0.25, 0.3) is 0 Å². The molecule has 0 amide bonds. The van der Waals surface area contributed by atoms with Crippen LogP contribution in [0.2, 0.25) is 0 Å². The Balaban J connectivity index is 3.84. The Morgan fingerprint density at radius 2 is 1.00 bits per heavy atom. The van der Waals surface area contributed by atoms with Crippen LogP contribution in [0, 0.1) is 35.5 Å². The quantitative estimate of drug-likeness (QED) is 0.654.